The van der Waals surface area contributed by atoms with Gasteiger partial charge in [0.2, 0.25) is 0 Å². The number of ether oxygens (including phenoxy) is 2. The zero-order chi connectivity index (χ0) is 14.8. The van der Waals surface area contributed by atoms with Crippen molar-refractivity contribution in [3.63, 3.8) is 0 Å². The van der Waals surface area contributed by atoms with Gasteiger partial charge in [0.05, 0.1) is 13.2 Å². The minimum Gasteiger partial charge on any atom is -0.380 e. The lowest BCUT2D eigenvalue weighted by Gasteiger charge is -2.28. The summed E-state index contributed by atoms with van der Waals surface area (Å²) in [5, 5.41) is 0. The summed E-state index contributed by atoms with van der Waals surface area (Å²) in [5.74, 6) is 0. The molecule has 0 aliphatic carbocycles. The molecule has 0 fully saturated rings. The predicted molar refractivity (Wildman–Crippen MR) is 84.2 cm³/mol. The van der Waals surface area contributed by atoms with Crippen LogP contribution in [0, 0.1) is 0 Å². The van der Waals surface area contributed by atoms with Gasteiger partial charge in [0.1, 0.15) is 0 Å². The van der Waals surface area contributed by atoms with Gasteiger partial charge in [-0.25, -0.2) is 0 Å². The van der Waals surface area contributed by atoms with Gasteiger partial charge in [-0.2, -0.15) is 0 Å². The highest BCUT2D eigenvalue weighted by Gasteiger charge is 2.13. The zero-order valence-corrected chi connectivity index (χ0v) is 13.0. The van der Waals surface area contributed by atoms with Gasteiger partial charge < -0.3 is 20.1 Å². The molecule has 0 aliphatic rings. The van der Waals surface area contributed by atoms with Gasteiger partial charge in [-0.1, -0.05) is 18.2 Å². The SMILES string of the molecule is CCOCCN(CCOCC)c1ccccc1[C@H](C)N. The minimum absolute atomic E-state index is 0.0212. The highest BCUT2D eigenvalue weighted by Crippen LogP contribution is 2.24. The topological polar surface area (TPSA) is 47.7 Å². The number of hydrogen-bond acceptors (Lipinski definition) is 4. The van der Waals surface area contributed by atoms with Gasteiger partial charge >= 0.3 is 0 Å². The molecule has 0 bridgehead atoms. The summed E-state index contributed by atoms with van der Waals surface area (Å²) in [5.41, 5.74) is 8.42. The molecule has 1 aromatic carbocycles. The number of rotatable bonds is 10. The van der Waals surface area contributed by atoms with E-state index in [1.54, 1.807) is 0 Å². The van der Waals surface area contributed by atoms with Gasteiger partial charge in [-0.15, -0.1) is 0 Å². The van der Waals surface area contributed by atoms with Crippen LogP contribution >= 0.6 is 0 Å². The Morgan fingerprint density at radius 3 is 2.10 bits per heavy atom. The van der Waals surface area contributed by atoms with Gasteiger partial charge in [0, 0.05) is 38.0 Å². The number of anilines is 1. The average molecular weight is 280 g/mol. The minimum atomic E-state index is 0.0212. The summed E-state index contributed by atoms with van der Waals surface area (Å²) in [6.07, 6.45) is 0. The molecule has 1 aromatic rings. The van der Waals surface area contributed by atoms with E-state index in [0.717, 1.165) is 39.5 Å². The molecule has 2 N–H and O–H groups in total. The molecule has 0 unspecified atom stereocenters. The third kappa shape index (κ3) is 5.49. The van der Waals surface area contributed by atoms with Crippen molar-refractivity contribution in [2.45, 2.75) is 26.8 Å². The van der Waals surface area contributed by atoms with Crippen molar-refractivity contribution >= 4 is 5.69 Å². The number of nitrogens with zero attached hydrogens (tertiary/aromatic N) is 1. The van der Waals surface area contributed by atoms with Crippen molar-refractivity contribution in [3.05, 3.63) is 29.8 Å². The molecule has 0 saturated heterocycles. The third-order valence-corrected chi connectivity index (χ3v) is 3.19. The largest absolute Gasteiger partial charge is 0.380 e. The maximum atomic E-state index is 6.07. The molecule has 0 spiro atoms. The lowest BCUT2D eigenvalue weighted by molar-refractivity contribution is 0.141. The lowest BCUT2D eigenvalue weighted by atomic mass is 10.1. The van der Waals surface area contributed by atoms with Crippen molar-refractivity contribution in [3.8, 4) is 0 Å². The molecule has 114 valence electrons. The Morgan fingerprint density at radius 1 is 1.05 bits per heavy atom. The Balaban J connectivity index is 2.79. The monoisotopic (exact) mass is 280 g/mol. The number of hydrogen-bond donors (Lipinski definition) is 1. The van der Waals surface area contributed by atoms with Crippen LogP contribution in [-0.4, -0.2) is 39.5 Å². The van der Waals surface area contributed by atoms with Crippen LogP contribution in [0.25, 0.3) is 0 Å². The number of nitrogens with two attached hydrogens (primary N) is 1. The molecule has 20 heavy (non-hydrogen) atoms. The molecule has 4 nitrogen and oxygen atoms in total. The van der Waals surface area contributed by atoms with E-state index in [-0.39, 0.29) is 6.04 Å². The van der Waals surface area contributed by atoms with Crippen molar-refractivity contribution in [2.75, 3.05) is 44.4 Å². The van der Waals surface area contributed by atoms with Crippen LogP contribution in [0.3, 0.4) is 0 Å². The molecule has 0 radical (unpaired) electrons. The van der Waals surface area contributed by atoms with Crippen LogP contribution < -0.4 is 10.6 Å². The van der Waals surface area contributed by atoms with E-state index in [1.165, 1.54) is 11.3 Å². The normalized spacial score (nSPS) is 12.4. The average Bonchev–Trinajstić information content (AvgIpc) is 2.46. The first-order valence-electron chi connectivity index (χ1n) is 7.45. The molecule has 0 saturated carbocycles. The fourth-order valence-corrected chi connectivity index (χ4v) is 2.15. The summed E-state index contributed by atoms with van der Waals surface area (Å²) in [6, 6.07) is 8.32. The first-order valence-corrected chi connectivity index (χ1v) is 7.45. The van der Waals surface area contributed by atoms with Crippen molar-refractivity contribution in [1.82, 2.24) is 0 Å². The maximum absolute atomic E-state index is 6.07. The van der Waals surface area contributed by atoms with E-state index in [0.29, 0.717) is 0 Å². The summed E-state index contributed by atoms with van der Waals surface area (Å²) < 4.78 is 11.0. The molecular weight excluding hydrogens is 252 g/mol. The molecule has 4 heteroatoms. The van der Waals surface area contributed by atoms with Gasteiger partial charge in [-0.3, -0.25) is 0 Å². The summed E-state index contributed by atoms with van der Waals surface area (Å²) >= 11 is 0. The zero-order valence-electron chi connectivity index (χ0n) is 13.0. The van der Waals surface area contributed by atoms with Gasteiger partial charge in [-0.05, 0) is 32.4 Å². The Bertz CT molecular complexity index is 359. The van der Waals surface area contributed by atoms with Crippen LogP contribution in [-0.2, 0) is 9.47 Å². The van der Waals surface area contributed by atoms with Crippen LogP contribution in [0.1, 0.15) is 32.4 Å². The Hall–Kier alpha value is -1.10. The second-order valence-corrected chi connectivity index (χ2v) is 4.73. The first-order chi connectivity index (χ1) is 9.70. The highest BCUT2D eigenvalue weighted by molar-refractivity contribution is 5.54. The Kier molecular flexibility index (Phi) is 8.26. The highest BCUT2D eigenvalue weighted by atomic mass is 16.5. The van der Waals surface area contributed by atoms with E-state index >= 15 is 0 Å². The van der Waals surface area contributed by atoms with Crippen molar-refractivity contribution < 1.29 is 9.47 Å². The lowest BCUT2D eigenvalue weighted by Crippen LogP contribution is -2.32. The Morgan fingerprint density at radius 2 is 1.60 bits per heavy atom. The van der Waals surface area contributed by atoms with Crippen LogP contribution in [0.15, 0.2) is 24.3 Å². The fraction of sp³-hybridized carbons (Fsp3) is 0.625. The summed E-state index contributed by atoms with van der Waals surface area (Å²) in [4.78, 5) is 2.30. The molecule has 0 heterocycles. The summed E-state index contributed by atoms with van der Waals surface area (Å²) in [6.45, 7) is 10.7. The molecule has 1 atom stereocenters. The molecule has 0 aromatic heterocycles. The molecule has 1 rings (SSSR count). The van der Waals surface area contributed by atoms with Gasteiger partial charge in [0.25, 0.3) is 0 Å². The third-order valence-electron chi connectivity index (χ3n) is 3.19. The van der Waals surface area contributed by atoms with Crippen LogP contribution in [0.2, 0.25) is 0 Å². The van der Waals surface area contributed by atoms with E-state index in [9.17, 15) is 0 Å². The predicted octanol–water partition coefficient (Wildman–Crippen LogP) is 2.59. The summed E-state index contributed by atoms with van der Waals surface area (Å²) in [7, 11) is 0. The number of benzene rings is 1. The Labute approximate surface area is 122 Å². The second kappa shape index (κ2) is 9.75. The first kappa shape index (κ1) is 17.0. The fourth-order valence-electron chi connectivity index (χ4n) is 2.15. The smallest absolute Gasteiger partial charge is 0.0641 e. The molecular formula is C16H28N2O2. The van der Waals surface area contributed by atoms with Crippen molar-refractivity contribution in [2.24, 2.45) is 5.73 Å². The van der Waals surface area contributed by atoms with E-state index < -0.39 is 0 Å². The van der Waals surface area contributed by atoms with E-state index in [4.69, 9.17) is 15.2 Å². The van der Waals surface area contributed by atoms with Crippen LogP contribution in [0.4, 0.5) is 5.69 Å². The maximum Gasteiger partial charge on any atom is 0.0641 e. The van der Waals surface area contributed by atoms with Crippen LogP contribution in [0.5, 0.6) is 0 Å². The number of para-hydroxylation sites is 1. The molecule has 0 aliphatic heterocycles. The van der Waals surface area contributed by atoms with Crippen molar-refractivity contribution in [1.29, 1.82) is 0 Å². The van der Waals surface area contributed by atoms with Gasteiger partial charge in [0.15, 0.2) is 0 Å². The second-order valence-electron chi connectivity index (χ2n) is 4.73. The quantitative estimate of drug-likeness (QED) is 0.669. The molecule has 0 amide bonds. The standard InChI is InChI=1S/C16H28N2O2/c1-4-19-12-10-18(11-13-20-5-2)16-9-7-6-8-15(16)14(3)17/h6-9,14H,4-5,10-13,17H2,1-3H3/t14-/m0/s1. The van der Waals surface area contributed by atoms with E-state index in [1.807, 2.05) is 26.8 Å². The van der Waals surface area contributed by atoms with E-state index in [2.05, 4.69) is 23.1 Å².